The molecule has 4 heteroatoms. The predicted molar refractivity (Wildman–Crippen MR) is 71.5 cm³/mol. The molecule has 1 aliphatic heterocycles. The molecule has 0 radical (unpaired) electrons. The van der Waals surface area contributed by atoms with E-state index in [-0.39, 0.29) is 11.9 Å². The van der Waals surface area contributed by atoms with Gasteiger partial charge in [0.2, 0.25) is 0 Å². The Morgan fingerprint density at radius 2 is 2.11 bits per heavy atom. The number of allylic oxidation sites excluding steroid dienone is 2. The van der Waals surface area contributed by atoms with E-state index in [0.29, 0.717) is 25.6 Å². The summed E-state index contributed by atoms with van der Waals surface area (Å²) < 4.78 is 16.6. The zero-order chi connectivity index (χ0) is 13.7. The van der Waals surface area contributed by atoms with Crippen molar-refractivity contribution in [2.75, 3.05) is 20.3 Å². The summed E-state index contributed by atoms with van der Waals surface area (Å²) in [4.78, 5) is 11.5. The second-order valence-corrected chi connectivity index (χ2v) is 5.31. The number of methoxy groups -OCH3 is 1. The van der Waals surface area contributed by atoms with Crippen molar-refractivity contribution in [3.8, 4) is 0 Å². The van der Waals surface area contributed by atoms with Crippen LogP contribution in [0.1, 0.15) is 39.0 Å². The molecule has 2 atom stereocenters. The van der Waals surface area contributed by atoms with Gasteiger partial charge in [0.05, 0.1) is 20.3 Å². The molecular weight excluding hydrogens is 244 g/mol. The lowest BCUT2D eigenvalue weighted by Gasteiger charge is -2.31. The molecule has 0 amide bonds. The van der Waals surface area contributed by atoms with Crippen molar-refractivity contribution < 1.29 is 19.0 Å². The van der Waals surface area contributed by atoms with Gasteiger partial charge in [0.1, 0.15) is 0 Å². The molecule has 0 N–H and O–H groups in total. The Morgan fingerprint density at radius 3 is 2.74 bits per heavy atom. The van der Waals surface area contributed by atoms with Crippen LogP contribution in [0, 0.1) is 11.8 Å². The van der Waals surface area contributed by atoms with E-state index in [1.54, 1.807) is 0 Å². The molecule has 2 fully saturated rings. The van der Waals surface area contributed by atoms with Crippen molar-refractivity contribution in [3.63, 3.8) is 0 Å². The molecule has 0 aromatic heterocycles. The third kappa shape index (κ3) is 3.18. The number of ether oxygens (including phenoxy) is 3. The van der Waals surface area contributed by atoms with Gasteiger partial charge in [-0.25, -0.2) is 0 Å². The maximum atomic E-state index is 11.5. The van der Waals surface area contributed by atoms with E-state index >= 15 is 0 Å². The van der Waals surface area contributed by atoms with E-state index in [2.05, 4.69) is 19.1 Å². The number of rotatable bonds is 5. The number of hydrogen-bond donors (Lipinski definition) is 0. The Bertz CT molecular complexity index is 331. The van der Waals surface area contributed by atoms with Crippen LogP contribution in [0.15, 0.2) is 12.2 Å². The fourth-order valence-electron chi connectivity index (χ4n) is 3.28. The van der Waals surface area contributed by atoms with Crippen LogP contribution in [0.5, 0.6) is 0 Å². The topological polar surface area (TPSA) is 44.8 Å². The van der Waals surface area contributed by atoms with Gasteiger partial charge in [-0.1, -0.05) is 19.1 Å². The minimum Gasteiger partial charge on any atom is -0.469 e. The minimum absolute atomic E-state index is 0.135. The molecule has 0 bridgehead atoms. The number of hydrogen-bond acceptors (Lipinski definition) is 4. The maximum Gasteiger partial charge on any atom is 0.305 e. The summed E-state index contributed by atoms with van der Waals surface area (Å²) in [7, 11) is 1.45. The van der Waals surface area contributed by atoms with Gasteiger partial charge in [0, 0.05) is 18.8 Å². The number of carbonyl (C=O) groups excluding carboxylic acids is 1. The Hall–Kier alpha value is -0.870. The molecule has 2 rings (SSSR count). The normalized spacial score (nSPS) is 29.4. The summed E-state index contributed by atoms with van der Waals surface area (Å²) in [6, 6.07) is 0. The highest BCUT2D eigenvalue weighted by atomic mass is 16.7. The number of esters is 1. The Balaban J connectivity index is 2.05. The number of carbonyl (C=O) groups is 1. The zero-order valence-electron chi connectivity index (χ0n) is 11.9. The third-order valence-corrected chi connectivity index (χ3v) is 4.22. The molecule has 1 heterocycles. The van der Waals surface area contributed by atoms with E-state index in [1.807, 2.05) is 0 Å². The van der Waals surface area contributed by atoms with Crippen molar-refractivity contribution in [1.82, 2.24) is 0 Å². The molecule has 1 saturated carbocycles. The highest BCUT2D eigenvalue weighted by Crippen LogP contribution is 2.49. The highest BCUT2D eigenvalue weighted by Gasteiger charge is 2.52. The lowest BCUT2D eigenvalue weighted by molar-refractivity contribution is -0.186. The van der Waals surface area contributed by atoms with E-state index < -0.39 is 5.79 Å². The molecule has 0 unspecified atom stereocenters. The van der Waals surface area contributed by atoms with Gasteiger partial charge in [0.25, 0.3) is 0 Å². The molecule has 19 heavy (non-hydrogen) atoms. The van der Waals surface area contributed by atoms with Crippen LogP contribution in [0.4, 0.5) is 0 Å². The Kier molecular flexibility index (Phi) is 4.99. The largest absolute Gasteiger partial charge is 0.469 e. The quantitative estimate of drug-likeness (QED) is 0.568. The molecule has 2 aliphatic rings. The van der Waals surface area contributed by atoms with Crippen LogP contribution in [-0.4, -0.2) is 32.1 Å². The summed E-state index contributed by atoms with van der Waals surface area (Å²) in [5.74, 6) is -0.0231. The average molecular weight is 268 g/mol. The Morgan fingerprint density at radius 1 is 1.37 bits per heavy atom. The zero-order valence-corrected chi connectivity index (χ0v) is 11.9. The Labute approximate surface area is 115 Å². The lowest BCUT2D eigenvalue weighted by Crippen LogP contribution is -2.37. The first kappa shape index (κ1) is 14.5. The first-order chi connectivity index (χ1) is 9.22. The van der Waals surface area contributed by atoms with Crippen LogP contribution in [0.2, 0.25) is 0 Å². The van der Waals surface area contributed by atoms with Crippen molar-refractivity contribution in [2.24, 2.45) is 11.8 Å². The monoisotopic (exact) mass is 268 g/mol. The second-order valence-electron chi connectivity index (χ2n) is 5.31. The molecule has 1 saturated heterocycles. The molecule has 0 aromatic rings. The summed E-state index contributed by atoms with van der Waals surface area (Å²) in [6.07, 6.45) is 8.62. The predicted octanol–water partition coefficient (Wildman–Crippen LogP) is 2.68. The maximum absolute atomic E-state index is 11.5. The molecule has 108 valence electrons. The van der Waals surface area contributed by atoms with E-state index in [9.17, 15) is 4.79 Å². The van der Waals surface area contributed by atoms with Crippen molar-refractivity contribution in [1.29, 1.82) is 0 Å². The van der Waals surface area contributed by atoms with E-state index in [4.69, 9.17) is 14.2 Å². The first-order valence-electron chi connectivity index (χ1n) is 7.21. The van der Waals surface area contributed by atoms with Gasteiger partial charge < -0.3 is 14.2 Å². The lowest BCUT2D eigenvalue weighted by atomic mass is 9.87. The van der Waals surface area contributed by atoms with Gasteiger partial charge in [0.15, 0.2) is 5.79 Å². The standard InChI is InChI=1S/C15H24O4/c1-3-4-5-6-13-12(11-14(16)17-2)7-8-15(13)18-9-10-19-15/h4-5,12-13H,3,6-11H2,1-2H3/t12-,13-/m1/s1. The molecule has 0 aromatic carbocycles. The van der Waals surface area contributed by atoms with Gasteiger partial charge in [-0.3, -0.25) is 4.79 Å². The summed E-state index contributed by atoms with van der Waals surface area (Å²) >= 11 is 0. The SMILES string of the molecule is CCC=CC[C@@H]1[C@@H](CC(=O)OC)CCC12OCCO2. The van der Waals surface area contributed by atoms with Crippen LogP contribution in [0.25, 0.3) is 0 Å². The van der Waals surface area contributed by atoms with Gasteiger partial charge in [-0.05, 0) is 25.2 Å². The fourth-order valence-corrected chi connectivity index (χ4v) is 3.28. The highest BCUT2D eigenvalue weighted by molar-refractivity contribution is 5.69. The summed E-state index contributed by atoms with van der Waals surface area (Å²) in [5.41, 5.74) is 0. The van der Waals surface area contributed by atoms with Crippen molar-refractivity contribution in [2.45, 2.75) is 44.8 Å². The molecule has 1 spiro atoms. The minimum atomic E-state index is -0.448. The van der Waals surface area contributed by atoms with Crippen molar-refractivity contribution in [3.05, 3.63) is 12.2 Å². The molecular formula is C15H24O4. The molecule has 4 nitrogen and oxygen atoms in total. The summed E-state index contributed by atoms with van der Waals surface area (Å²) in [6.45, 7) is 3.45. The van der Waals surface area contributed by atoms with Crippen LogP contribution in [-0.2, 0) is 19.0 Å². The fraction of sp³-hybridized carbons (Fsp3) is 0.800. The van der Waals surface area contributed by atoms with Crippen LogP contribution >= 0.6 is 0 Å². The average Bonchev–Trinajstić information content (AvgIpc) is 3.01. The van der Waals surface area contributed by atoms with E-state index in [0.717, 1.165) is 25.7 Å². The van der Waals surface area contributed by atoms with Crippen molar-refractivity contribution >= 4 is 5.97 Å². The van der Waals surface area contributed by atoms with Crippen LogP contribution in [0.3, 0.4) is 0 Å². The summed E-state index contributed by atoms with van der Waals surface area (Å²) in [5, 5.41) is 0. The third-order valence-electron chi connectivity index (χ3n) is 4.22. The van der Waals surface area contributed by atoms with Gasteiger partial charge in [-0.15, -0.1) is 0 Å². The molecule has 1 aliphatic carbocycles. The second kappa shape index (κ2) is 6.53. The van der Waals surface area contributed by atoms with Crippen LogP contribution < -0.4 is 0 Å². The van der Waals surface area contributed by atoms with E-state index in [1.165, 1.54) is 7.11 Å². The first-order valence-corrected chi connectivity index (χ1v) is 7.21. The van der Waals surface area contributed by atoms with Gasteiger partial charge in [-0.2, -0.15) is 0 Å². The van der Waals surface area contributed by atoms with Gasteiger partial charge >= 0.3 is 5.97 Å². The smallest absolute Gasteiger partial charge is 0.305 e.